The minimum absolute atomic E-state index is 0.0507. The predicted molar refractivity (Wildman–Crippen MR) is 123 cm³/mol. The molecule has 0 aliphatic carbocycles. The number of piperidine rings is 1. The van der Waals surface area contributed by atoms with Crippen LogP contribution < -0.4 is 10.2 Å². The van der Waals surface area contributed by atoms with E-state index in [1.165, 1.54) is 5.56 Å². The van der Waals surface area contributed by atoms with Crippen LogP contribution >= 0.6 is 15.9 Å². The van der Waals surface area contributed by atoms with Crippen LogP contribution in [-0.2, 0) is 11.3 Å². The smallest absolute Gasteiger partial charge is 0.223 e. The van der Waals surface area contributed by atoms with Crippen LogP contribution in [0.15, 0.2) is 65.3 Å². The minimum Gasteiger partial charge on any atom is -0.356 e. The number of halogens is 1. The molecule has 0 spiro atoms. The monoisotopic (exact) mass is 464 g/mol. The summed E-state index contributed by atoms with van der Waals surface area (Å²) in [6.45, 7) is 4.28. The molecule has 0 radical (unpaired) electrons. The zero-order valence-corrected chi connectivity index (χ0v) is 18.6. The van der Waals surface area contributed by atoms with E-state index in [-0.39, 0.29) is 11.8 Å². The Hall–Kier alpha value is -2.73. The van der Waals surface area contributed by atoms with Gasteiger partial charge in [-0.25, -0.2) is 9.97 Å². The van der Waals surface area contributed by atoms with Crippen molar-refractivity contribution in [3.63, 3.8) is 0 Å². The number of nitrogens with zero attached hydrogens (tertiary/aromatic N) is 3. The Kier molecular flexibility index (Phi) is 6.43. The second-order valence-electron chi connectivity index (χ2n) is 7.71. The normalized spacial score (nSPS) is 14.5. The topological polar surface area (TPSA) is 58.1 Å². The van der Waals surface area contributed by atoms with Gasteiger partial charge >= 0.3 is 0 Å². The number of hydrogen-bond acceptors (Lipinski definition) is 4. The summed E-state index contributed by atoms with van der Waals surface area (Å²) in [5.41, 5.74) is 3.32. The molecule has 1 N–H and O–H groups in total. The Labute approximate surface area is 185 Å². The Morgan fingerprint density at radius 2 is 1.90 bits per heavy atom. The minimum atomic E-state index is 0.0507. The molecule has 2 heterocycles. The van der Waals surface area contributed by atoms with Crippen molar-refractivity contribution >= 4 is 27.7 Å². The van der Waals surface area contributed by atoms with Crippen LogP contribution in [0.4, 0.5) is 5.82 Å². The van der Waals surface area contributed by atoms with Crippen LogP contribution in [0, 0.1) is 12.8 Å². The maximum absolute atomic E-state index is 12.6. The standard InChI is InChI=1S/C24H25BrN4O/c1-17-3-2-4-20(15-17)23-26-12-9-22(28-23)29-13-10-19(11-14-29)24(30)27-16-18-5-7-21(25)8-6-18/h2-9,12,15,19H,10-11,13-14,16H2,1H3,(H,27,30). The molecule has 6 heteroatoms. The fourth-order valence-electron chi connectivity index (χ4n) is 3.76. The summed E-state index contributed by atoms with van der Waals surface area (Å²) in [6.07, 6.45) is 3.48. The molecule has 0 atom stereocenters. The molecule has 154 valence electrons. The van der Waals surface area contributed by atoms with Gasteiger partial charge in [-0.2, -0.15) is 0 Å². The molecule has 1 saturated heterocycles. The molecule has 1 aromatic heterocycles. The molecule has 4 rings (SSSR count). The van der Waals surface area contributed by atoms with Crippen molar-refractivity contribution in [3.05, 3.63) is 76.4 Å². The van der Waals surface area contributed by atoms with Crippen molar-refractivity contribution in [2.75, 3.05) is 18.0 Å². The summed E-state index contributed by atoms with van der Waals surface area (Å²) in [7, 11) is 0. The van der Waals surface area contributed by atoms with Crippen LogP contribution in [0.2, 0.25) is 0 Å². The molecule has 5 nitrogen and oxygen atoms in total. The van der Waals surface area contributed by atoms with Gasteiger partial charge in [0, 0.05) is 41.8 Å². The number of aryl methyl sites for hydroxylation is 1. The Morgan fingerprint density at radius 3 is 2.63 bits per heavy atom. The van der Waals surface area contributed by atoms with E-state index in [0.29, 0.717) is 6.54 Å². The Morgan fingerprint density at radius 1 is 1.13 bits per heavy atom. The molecule has 0 bridgehead atoms. The molecule has 1 fully saturated rings. The van der Waals surface area contributed by atoms with E-state index in [2.05, 4.69) is 50.2 Å². The van der Waals surface area contributed by atoms with Gasteiger partial charge in [0.05, 0.1) is 0 Å². The SMILES string of the molecule is Cc1cccc(-c2nccc(N3CCC(C(=O)NCc4ccc(Br)cc4)CC3)n2)c1. The fourth-order valence-corrected chi connectivity index (χ4v) is 4.02. The maximum Gasteiger partial charge on any atom is 0.223 e. The number of rotatable bonds is 5. The molecular weight excluding hydrogens is 440 g/mol. The maximum atomic E-state index is 12.6. The molecule has 2 aromatic carbocycles. The second-order valence-corrected chi connectivity index (χ2v) is 8.63. The zero-order chi connectivity index (χ0) is 20.9. The van der Waals surface area contributed by atoms with Crippen LogP contribution in [0.1, 0.15) is 24.0 Å². The van der Waals surface area contributed by atoms with Crippen molar-refractivity contribution in [2.24, 2.45) is 5.92 Å². The van der Waals surface area contributed by atoms with Gasteiger partial charge in [-0.05, 0) is 49.6 Å². The average Bonchev–Trinajstić information content (AvgIpc) is 2.79. The van der Waals surface area contributed by atoms with Crippen LogP contribution in [0.3, 0.4) is 0 Å². The Balaban J connectivity index is 1.33. The molecule has 30 heavy (non-hydrogen) atoms. The lowest BCUT2D eigenvalue weighted by Crippen LogP contribution is -2.40. The zero-order valence-electron chi connectivity index (χ0n) is 17.0. The number of benzene rings is 2. The quantitative estimate of drug-likeness (QED) is 0.591. The predicted octanol–water partition coefficient (Wildman–Crippen LogP) is 4.75. The molecule has 1 aliphatic heterocycles. The number of anilines is 1. The van der Waals surface area contributed by atoms with Gasteiger partial charge in [-0.3, -0.25) is 4.79 Å². The molecule has 0 unspecified atom stereocenters. The number of hydrogen-bond donors (Lipinski definition) is 1. The first-order valence-corrected chi connectivity index (χ1v) is 11.0. The van der Waals surface area contributed by atoms with Gasteiger partial charge < -0.3 is 10.2 Å². The van der Waals surface area contributed by atoms with Crippen molar-refractivity contribution in [3.8, 4) is 11.4 Å². The van der Waals surface area contributed by atoms with Crippen molar-refractivity contribution < 1.29 is 4.79 Å². The van der Waals surface area contributed by atoms with E-state index in [9.17, 15) is 4.79 Å². The molecule has 1 aliphatic rings. The van der Waals surface area contributed by atoms with Gasteiger partial charge in [0.25, 0.3) is 0 Å². The number of carbonyl (C=O) groups excluding carboxylic acids is 1. The number of aromatic nitrogens is 2. The summed E-state index contributed by atoms with van der Waals surface area (Å²) in [4.78, 5) is 24.1. The van der Waals surface area contributed by atoms with Gasteiger partial charge in [0.1, 0.15) is 5.82 Å². The van der Waals surface area contributed by atoms with Crippen LogP contribution in [0.5, 0.6) is 0 Å². The highest BCUT2D eigenvalue weighted by atomic mass is 79.9. The van der Waals surface area contributed by atoms with E-state index < -0.39 is 0 Å². The molecular formula is C24H25BrN4O. The van der Waals surface area contributed by atoms with E-state index in [1.807, 2.05) is 48.7 Å². The number of carbonyl (C=O) groups is 1. The summed E-state index contributed by atoms with van der Waals surface area (Å²) in [6, 6.07) is 18.2. The summed E-state index contributed by atoms with van der Waals surface area (Å²) >= 11 is 3.43. The average molecular weight is 465 g/mol. The van der Waals surface area contributed by atoms with Crippen molar-refractivity contribution in [1.29, 1.82) is 0 Å². The third kappa shape index (κ3) is 5.05. The first-order chi connectivity index (χ1) is 14.6. The third-order valence-electron chi connectivity index (χ3n) is 5.49. The van der Waals surface area contributed by atoms with Gasteiger partial charge in [0.2, 0.25) is 5.91 Å². The number of nitrogens with one attached hydrogen (secondary N) is 1. The van der Waals surface area contributed by atoms with Crippen LogP contribution in [-0.4, -0.2) is 29.0 Å². The summed E-state index contributed by atoms with van der Waals surface area (Å²) in [5.74, 6) is 1.86. The first-order valence-electron chi connectivity index (χ1n) is 10.3. The van der Waals surface area contributed by atoms with Crippen molar-refractivity contribution in [2.45, 2.75) is 26.3 Å². The van der Waals surface area contributed by atoms with Gasteiger partial charge in [-0.1, -0.05) is 51.8 Å². The first kappa shape index (κ1) is 20.5. The highest BCUT2D eigenvalue weighted by molar-refractivity contribution is 9.10. The second kappa shape index (κ2) is 9.39. The van der Waals surface area contributed by atoms with E-state index >= 15 is 0 Å². The highest BCUT2D eigenvalue weighted by Gasteiger charge is 2.25. The lowest BCUT2D eigenvalue weighted by atomic mass is 9.96. The van der Waals surface area contributed by atoms with Crippen molar-refractivity contribution in [1.82, 2.24) is 15.3 Å². The van der Waals surface area contributed by atoms with Gasteiger partial charge in [0.15, 0.2) is 5.82 Å². The molecule has 3 aromatic rings. The largest absolute Gasteiger partial charge is 0.356 e. The fraction of sp³-hybridized carbons (Fsp3) is 0.292. The summed E-state index contributed by atoms with van der Waals surface area (Å²) < 4.78 is 1.04. The number of amides is 1. The Bertz CT molecular complexity index is 1010. The lowest BCUT2D eigenvalue weighted by molar-refractivity contribution is -0.125. The van der Waals surface area contributed by atoms with E-state index in [4.69, 9.17) is 4.98 Å². The highest BCUT2D eigenvalue weighted by Crippen LogP contribution is 2.24. The third-order valence-corrected chi connectivity index (χ3v) is 6.02. The van der Waals surface area contributed by atoms with Gasteiger partial charge in [-0.15, -0.1) is 0 Å². The van der Waals surface area contributed by atoms with E-state index in [1.54, 1.807) is 0 Å². The lowest BCUT2D eigenvalue weighted by Gasteiger charge is -2.32. The molecule has 0 saturated carbocycles. The summed E-state index contributed by atoms with van der Waals surface area (Å²) in [5, 5.41) is 3.08. The van der Waals surface area contributed by atoms with E-state index in [0.717, 1.165) is 53.2 Å². The molecule has 1 amide bonds. The van der Waals surface area contributed by atoms with Crippen LogP contribution in [0.25, 0.3) is 11.4 Å².